The van der Waals surface area contributed by atoms with E-state index in [2.05, 4.69) is 135 Å². The molecule has 8 rings (SSSR count). The number of quaternary nitrogens is 1. The summed E-state index contributed by atoms with van der Waals surface area (Å²) in [7, 11) is 4.95. The summed E-state index contributed by atoms with van der Waals surface area (Å²) >= 11 is 0. The van der Waals surface area contributed by atoms with E-state index in [9.17, 15) is 76.5 Å². The third kappa shape index (κ3) is 60.6. The van der Waals surface area contributed by atoms with Crippen molar-refractivity contribution in [2.75, 3.05) is 166 Å². The van der Waals surface area contributed by atoms with E-state index in [1.807, 2.05) is 24.3 Å². The maximum absolute atomic E-state index is 12.3. The molecule has 0 aromatic heterocycles. The lowest BCUT2D eigenvalue weighted by atomic mass is 10.0. The Morgan fingerprint density at radius 2 is 0.809 bits per heavy atom. The van der Waals surface area contributed by atoms with Gasteiger partial charge in [-0.15, -0.1) is 10.3 Å². The molecule has 3 aliphatic rings. The second kappa shape index (κ2) is 77.1. The molecule has 58 heteroatoms. The Hall–Kier alpha value is -13.8. The van der Waals surface area contributed by atoms with Crippen LogP contribution in [-0.4, -0.2) is 309 Å². The molecule has 6 unspecified atom stereocenters. The maximum Gasteiger partial charge on any atom is 0.452 e. The van der Waals surface area contributed by atoms with Gasteiger partial charge in [0.15, 0.2) is 41.5 Å². The van der Waals surface area contributed by atoms with Crippen molar-refractivity contribution in [1.82, 2.24) is 90.1 Å². The van der Waals surface area contributed by atoms with Crippen LogP contribution >= 0.6 is 7.80 Å². The molecule has 0 saturated carbocycles. The number of carbonyl (C=O) groups is 15. The highest BCUT2D eigenvalue weighted by Gasteiger charge is 2.35. The highest BCUT2D eigenvalue weighted by Crippen LogP contribution is 2.20. The largest absolute Gasteiger partial charge is 0.480 e. The van der Waals surface area contributed by atoms with Gasteiger partial charge in [0.1, 0.15) is 25.2 Å². The van der Waals surface area contributed by atoms with Gasteiger partial charge in [0.25, 0.3) is 17.7 Å². The number of nitrogens with two attached hydrogens (primary N) is 5. The lowest BCUT2D eigenvalue weighted by Gasteiger charge is -2.21. The van der Waals surface area contributed by atoms with Gasteiger partial charge in [-0.05, 0) is 122 Å². The van der Waals surface area contributed by atoms with Crippen LogP contribution in [0.5, 0.6) is 28.7 Å². The van der Waals surface area contributed by atoms with Crippen molar-refractivity contribution in [3.05, 3.63) is 149 Å². The summed E-state index contributed by atoms with van der Waals surface area (Å²) < 4.78 is 24.2. The summed E-state index contributed by atoms with van der Waals surface area (Å²) in [6.45, 7) is 7.49. The van der Waals surface area contributed by atoms with Gasteiger partial charge in [-0.2, -0.15) is 29.5 Å². The van der Waals surface area contributed by atoms with E-state index in [1.165, 1.54) is 18.0 Å². The number of aliphatic carboxylic acids is 2. The normalized spacial score (nSPS) is 14.8. The molecule has 5 aromatic rings. The van der Waals surface area contributed by atoms with Gasteiger partial charge in [-0.1, -0.05) is 90.2 Å². The fourth-order valence-corrected chi connectivity index (χ4v) is 11.1. The number of likely N-dealkylation sites (N-methyl/N-ethyl adjacent to an activating group) is 2. The average molecular weight is 2010 g/mol. The smallest absolute Gasteiger partial charge is 0.452 e. The first-order chi connectivity index (χ1) is 67.2. The van der Waals surface area contributed by atoms with Crippen LogP contribution in [0.15, 0.2) is 121 Å². The van der Waals surface area contributed by atoms with E-state index < -0.39 is 147 Å². The number of carbonyl (C=O) groups excluding carboxylic acids is 13. The van der Waals surface area contributed by atoms with Gasteiger partial charge in [-0.3, -0.25) is 67.1 Å². The number of ether oxygens (including phenoxy) is 3. The molecule has 56 nitrogen and oxygen atoms in total. The number of nitriles is 1. The second-order valence-electron chi connectivity index (χ2n) is 28.8. The zero-order valence-electron chi connectivity index (χ0n) is 78.2. The second-order valence-corrected chi connectivity index (χ2v) is 30.0. The van der Waals surface area contributed by atoms with E-state index in [4.69, 9.17) is 68.9 Å². The number of hydrogen-bond donors (Lipinski definition) is 24. The molecular formula is C83H125BN24O32P+2. The first-order valence-corrected chi connectivity index (χ1v) is 44.2. The van der Waals surface area contributed by atoms with E-state index in [-0.39, 0.29) is 60.4 Å². The molecule has 3 saturated heterocycles. The monoisotopic (exact) mass is 2010 g/mol. The number of hydrogen-bond acceptors (Lipinski definition) is 42. The Labute approximate surface area is 812 Å². The van der Waals surface area contributed by atoms with Crippen molar-refractivity contribution in [3.63, 3.8) is 0 Å². The van der Waals surface area contributed by atoms with Gasteiger partial charge in [-0.25, -0.2) is 4.79 Å². The Bertz CT molecular complexity index is 4600. The fraction of sp³-hybridized carbons (Fsp3) is 0.446. The van der Waals surface area contributed by atoms with E-state index in [0.29, 0.717) is 85.5 Å². The lowest BCUT2D eigenvalue weighted by molar-refractivity contribution is -0.403. The summed E-state index contributed by atoms with van der Waals surface area (Å²) in [5.41, 5.74) is 8.17. The number of methoxy groups -OCH3 is 2. The van der Waals surface area contributed by atoms with Gasteiger partial charge < -0.3 is 145 Å². The van der Waals surface area contributed by atoms with Crippen LogP contribution in [0.3, 0.4) is 0 Å². The predicted octanol–water partition coefficient (Wildman–Crippen LogP) is -9.25. The zero-order valence-corrected chi connectivity index (χ0v) is 79.1. The lowest BCUT2D eigenvalue weighted by Crippen LogP contribution is -2.68. The number of hydroxylamine groups is 2. The highest BCUT2D eigenvalue weighted by molar-refractivity contribution is 7.49. The SMILES string of the molecule is CNC(Cc1ccc(OON)cc1)C(=O)NCC(=O)NCC(=O)NCC(=O)O.CNC(Cc1ccc(OON)cc1)C(=O)ON1C(=O)CCC1=O.COCCOCCOC.C[P+](=O)C#N.NOOc1ccc(CC([NH3+])C(=O)NCC(=O)NCC(=O)NCC(=O)O)cc1.NOOc1ccc(CC2CNCCNCCNCCN2)cc1.NOOc1ccc(CC2NC(=O)CNC(=O)CNC(=O)CNC2=O)cc1.[B]. The molecule has 0 spiro atoms. The summed E-state index contributed by atoms with van der Waals surface area (Å²) in [6, 6.07) is 31.8. The Morgan fingerprint density at radius 1 is 0.468 bits per heavy atom. The molecule has 0 bridgehead atoms. The number of benzene rings is 5. The molecule has 6 atom stereocenters. The summed E-state index contributed by atoms with van der Waals surface area (Å²) in [5, 5.41) is 67.8. The predicted molar refractivity (Wildman–Crippen MR) is 494 cm³/mol. The Kier molecular flexibility index (Phi) is 68.5. The number of nitrogens with one attached hydrogen (secondary N) is 16. The van der Waals surface area contributed by atoms with Crippen molar-refractivity contribution < 1.29 is 161 Å². The van der Waals surface area contributed by atoms with Gasteiger partial charge in [0.2, 0.25) is 53.2 Å². The van der Waals surface area contributed by atoms with Crippen LogP contribution in [0.1, 0.15) is 40.7 Å². The topological polar surface area (TPSA) is 820 Å². The molecule has 3 heterocycles. The standard InChI is InChI=1S/C16H23N5O7.C15H21N5O7.C15H19N5O6.C15H27N5O2.C14H17N3O6.C6H14O3.C2H3NOP.B/c1-18-12(6-10-2-4-11(5-3-10)27-28-17)16(26)21-8-14(23)19-7-13(22)20-9-15(24)25;16-11(5-9-1-3-10(4-2-9)26-27-17)15(25)20-7-13(22)18-6-12(21)19-8-14(23)24;16-26-25-10-3-1-9(2-4-10)5-11-15(24)19-7-13(22)17-6-12(21)18-8-14(23)20-11;16-22-21-15-3-1-13(2-4-15)11-14-12-19-8-7-17-5-6-18-9-10-20-14;1-16-11(8-9-2-4-10(5-3-9)22-23-15)14(20)21-17-12(18)6-7-13(17)19;1-7-3-5-9-6-4-8-2;1-5(4)2-3;/h2-5,12,18H,6-9,17H2,1H3,(H,19,23)(H,20,22)(H,21,26)(H,24,25);1-4,11H,5-8,16-17H2,(H,18,22)(H,19,21)(H,20,25)(H,23,24);1-4,11H,5-8,16H2,(H,17,22)(H,18,21)(H,19,24)(H,20,23);1-4,14,17-20H,5-12,16H2;2-5,11,16H,6-8,15H2,1H3;3-6H2,1-2H3;1H3;/q;;;;;;+1;/p+1. The third-order valence-corrected chi connectivity index (χ3v) is 18.4. The molecule has 31 N–H and O–H groups in total. The number of amides is 12. The van der Waals surface area contributed by atoms with Crippen LogP contribution < -0.4 is 145 Å². The molecule has 141 heavy (non-hydrogen) atoms. The maximum atomic E-state index is 12.3. The minimum absolute atomic E-state index is 0. The van der Waals surface area contributed by atoms with E-state index >= 15 is 0 Å². The number of carboxylic acids is 2. The molecule has 12 amide bonds. The van der Waals surface area contributed by atoms with Gasteiger partial charge >= 0.3 is 31.5 Å². The van der Waals surface area contributed by atoms with Crippen LogP contribution in [-0.2, 0) is 153 Å². The fourth-order valence-electron chi connectivity index (χ4n) is 11.1. The highest BCUT2D eigenvalue weighted by atomic mass is 31.1. The summed E-state index contributed by atoms with van der Waals surface area (Å²) in [5.74, 6) is 18.2. The first kappa shape index (κ1) is 125. The minimum Gasteiger partial charge on any atom is -0.480 e. The number of carboxylic acid groups (broad SMARTS) is 2. The van der Waals surface area contributed by atoms with E-state index in [0.717, 1.165) is 74.5 Å². The van der Waals surface area contributed by atoms with Crippen molar-refractivity contribution in [1.29, 1.82) is 5.26 Å². The van der Waals surface area contributed by atoms with Crippen LogP contribution in [0, 0.1) is 11.1 Å². The zero-order chi connectivity index (χ0) is 104. The van der Waals surface area contributed by atoms with Crippen molar-refractivity contribution in [2.24, 2.45) is 29.5 Å². The summed E-state index contributed by atoms with van der Waals surface area (Å²) in [4.78, 5) is 222. The molecule has 3 radical (unpaired) electrons. The van der Waals surface area contributed by atoms with Crippen LogP contribution in [0.4, 0.5) is 0 Å². The Balaban J connectivity index is 0.000000850. The molecule has 775 valence electrons. The van der Waals surface area contributed by atoms with Gasteiger partial charge in [0, 0.05) is 100 Å². The Morgan fingerprint density at radius 3 is 1.19 bits per heavy atom. The van der Waals surface area contributed by atoms with Crippen molar-refractivity contribution in [2.45, 2.75) is 75.2 Å². The number of rotatable bonds is 44. The third-order valence-electron chi connectivity index (χ3n) is 18.1. The van der Waals surface area contributed by atoms with Crippen molar-refractivity contribution in [3.8, 4) is 34.6 Å². The van der Waals surface area contributed by atoms with Crippen LogP contribution in [0.25, 0.3) is 0 Å². The number of nitrogens with zero attached hydrogens (tertiary/aromatic N) is 2. The molecule has 0 aliphatic carbocycles. The molecule has 5 aromatic carbocycles. The first-order valence-electron chi connectivity index (χ1n) is 42.5. The van der Waals surface area contributed by atoms with E-state index in [1.54, 1.807) is 125 Å². The molecular weight excluding hydrogens is 1890 g/mol. The molecule has 3 aliphatic heterocycles. The van der Waals surface area contributed by atoms with Gasteiger partial charge in [0.05, 0.1) is 78.3 Å². The molecule has 3 fully saturated rings. The quantitative estimate of drug-likeness (QED) is 0.00430. The number of imide groups is 1. The summed E-state index contributed by atoms with van der Waals surface area (Å²) in [6.07, 6.45) is 2.22. The van der Waals surface area contributed by atoms with Crippen LogP contribution in [0.2, 0.25) is 0 Å². The average Bonchev–Trinajstić information content (AvgIpc) is 1.77. The van der Waals surface area contributed by atoms with Crippen molar-refractivity contribution >= 4 is 105 Å². The minimum atomic E-state index is -1.54.